The zero-order valence-electron chi connectivity index (χ0n) is 33.1. The third kappa shape index (κ3) is 8.99. The van der Waals surface area contributed by atoms with E-state index in [1.165, 1.54) is 9.58 Å². The number of benzene rings is 1. The fraction of sp³-hybridized carbons (Fsp3) is 0.659. The maximum absolute atomic E-state index is 14.9. The zero-order chi connectivity index (χ0) is 40.0. The van der Waals surface area contributed by atoms with Crippen LogP contribution in [0.5, 0.6) is 5.88 Å². The topological polar surface area (TPSA) is 171 Å². The average molecular weight is 781 g/mol. The van der Waals surface area contributed by atoms with Crippen molar-refractivity contribution in [3.8, 4) is 5.88 Å². The molecule has 7 atom stereocenters. The van der Waals surface area contributed by atoms with Gasteiger partial charge < -0.3 is 14.4 Å². The number of nitrogens with one attached hydrogen (secondary N) is 1. The number of fused-ring (bicyclic) bond motifs is 3. The number of allylic oxidation sites excluding steroid dienone is 2. The van der Waals surface area contributed by atoms with Crippen LogP contribution >= 0.6 is 0 Å². The summed E-state index contributed by atoms with van der Waals surface area (Å²) < 4.78 is 41.7. The van der Waals surface area contributed by atoms with Gasteiger partial charge in [0.05, 0.1) is 52.4 Å². The lowest BCUT2D eigenvalue weighted by Crippen LogP contribution is -2.47. The van der Waals surface area contributed by atoms with Crippen molar-refractivity contribution in [3.05, 3.63) is 46.8 Å². The van der Waals surface area contributed by atoms with Crippen LogP contribution in [0.25, 0.3) is 10.8 Å². The van der Waals surface area contributed by atoms with E-state index in [4.69, 9.17) is 9.47 Å². The molecule has 0 radical (unpaired) electrons. The van der Waals surface area contributed by atoms with Gasteiger partial charge in [-0.25, -0.2) is 13.1 Å². The standard InChI is InChI=1S/C41H56N4O9S/c1-24(2)45-38(49)31-15-11-10-14-30(31)36(42-45)53-28-19-33-34(46)22-41(39(50)43-55(51,52)29-16-17-29)21-27(41)13-9-8-12-25(3)18-26(4)32(37(48)44(33)23-28)20-35(47)54-40(5,6)7/h9-11,13-15,24-29,32-33H,8,12,16-23H2,1-7H3,(H,43,50)/b13-9-/t25-,26-,27-,28-,32+,33+,41-/m1/s1. The van der Waals surface area contributed by atoms with Crippen molar-refractivity contribution >= 4 is 44.4 Å². The fourth-order valence-electron chi connectivity index (χ4n) is 8.32. The normalized spacial score (nSPS) is 29.9. The van der Waals surface area contributed by atoms with Crippen LogP contribution in [0, 0.1) is 29.1 Å². The number of nitrogens with zero attached hydrogens (tertiary/aromatic N) is 3. The molecule has 4 aliphatic rings. The quantitative estimate of drug-likeness (QED) is 0.275. The van der Waals surface area contributed by atoms with Crippen molar-refractivity contribution in [2.45, 2.75) is 135 Å². The smallest absolute Gasteiger partial charge is 0.307 e. The Bertz CT molecular complexity index is 2030. The van der Waals surface area contributed by atoms with Crippen LogP contribution in [0.4, 0.5) is 0 Å². The Balaban J connectivity index is 1.37. The van der Waals surface area contributed by atoms with Crippen molar-refractivity contribution in [3.63, 3.8) is 0 Å². The van der Waals surface area contributed by atoms with Gasteiger partial charge in [0.1, 0.15) is 11.7 Å². The van der Waals surface area contributed by atoms with Crippen LogP contribution in [-0.4, -0.2) is 76.2 Å². The number of rotatable bonds is 8. The number of hydrogen-bond acceptors (Lipinski definition) is 10. The molecule has 6 rings (SSSR count). The lowest BCUT2D eigenvalue weighted by Gasteiger charge is -2.32. The van der Waals surface area contributed by atoms with Gasteiger partial charge in [-0.3, -0.25) is 28.7 Å². The summed E-state index contributed by atoms with van der Waals surface area (Å²) in [5.41, 5.74) is -2.31. The molecule has 14 heteroatoms. The Hall–Kier alpha value is -4.07. The molecule has 1 aromatic carbocycles. The molecule has 13 nitrogen and oxygen atoms in total. The number of hydrogen-bond donors (Lipinski definition) is 1. The first-order valence-electron chi connectivity index (χ1n) is 19.8. The van der Waals surface area contributed by atoms with Crippen molar-refractivity contribution in [2.24, 2.45) is 29.1 Å². The van der Waals surface area contributed by atoms with Gasteiger partial charge in [-0.1, -0.05) is 38.1 Å². The maximum atomic E-state index is 14.9. The first-order valence-corrected chi connectivity index (χ1v) is 21.3. The average Bonchev–Trinajstić information content (AvgIpc) is 4.02. The zero-order valence-corrected chi connectivity index (χ0v) is 33.9. The number of carbonyl (C=O) groups is 4. The third-order valence-corrected chi connectivity index (χ3v) is 13.4. The van der Waals surface area contributed by atoms with E-state index in [2.05, 4.69) is 16.7 Å². The minimum Gasteiger partial charge on any atom is -0.471 e. The summed E-state index contributed by atoms with van der Waals surface area (Å²) in [5.74, 6) is -2.96. The van der Waals surface area contributed by atoms with E-state index in [1.54, 1.807) is 45.0 Å². The Morgan fingerprint density at radius 1 is 1.04 bits per heavy atom. The molecule has 0 bridgehead atoms. The third-order valence-electron chi connectivity index (χ3n) is 11.5. The second-order valence-electron chi connectivity index (χ2n) is 17.7. The molecule has 2 aromatic rings. The number of Topliss-reactive ketones (excluding diaryl/α,β-unsaturated/α-hetero) is 1. The van der Waals surface area contributed by atoms with Gasteiger partial charge in [-0.05, 0) is 103 Å². The van der Waals surface area contributed by atoms with Gasteiger partial charge in [-0.15, -0.1) is 5.10 Å². The molecular weight excluding hydrogens is 725 g/mol. The summed E-state index contributed by atoms with van der Waals surface area (Å²) in [6, 6.07) is 5.69. The summed E-state index contributed by atoms with van der Waals surface area (Å²) in [6.45, 7) is 13.0. The first kappa shape index (κ1) is 40.6. The second kappa shape index (κ2) is 15.5. The van der Waals surface area contributed by atoms with Crippen molar-refractivity contribution in [1.82, 2.24) is 19.4 Å². The fourth-order valence-corrected chi connectivity index (χ4v) is 9.71. The summed E-state index contributed by atoms with van der Waals surface area (Å²) in [6.07, 6.45) is 6.29. The first-order chi connectivity index (χ1) is 25.8. The van der Waals surface area contributed by atoms with E-state index in [1.807, 2.05) is 32.9 Å². The molecule has 1 aromatic heterocycles. The Kier molecular flexibility index (Phi) is 11.4. The lowest BCUT2D eigenvalue weighted by atomic mass is 9.82. The molecule has 55 heavy (non-hydrogen) atoms. The summed E-state index contributed by atoms with van der Waals surface area (Å²) in [7, 11) is -3.87. The Labute approximate surface area is 323 Å². The van der Waals surface area contributed by atoms with Gasteiger partial charge in [0, 0.05) is 12.8 Å². The minimum absolute atomic E-state index is 0.00225. The molecule has 2 amide bonds. The molecule has 2 aliphatic heterocycles. The number of sulfonamides is 1. The van der Waals surface area contributed by atoms with Crippen LogP contribution < -0.4 is 15.0 Å². The monoisotopic (exact) mass is 780 g/mol. The van der Waals surface area contributed by atoms with E-state index in [0.29, 0.717) is 42.9 Å². The Morgan fingerprint density at radius 3 is 2.38 bits per heavy atom. The minimum atomic E-state index is -3.87. The number of amides is 2. The van der Waals surface area contributed by atoms with Crippen molar-refractivity contribution in [2.75, 3.05) is 6.54 Å². The van der Waals surface area contributed by atoms with E-state index >= 15 is 0 Å². The molecule has 0 unspecified atom stereocenters. The van der Waals surface area contributed by atoms with Crippen molar-refractivity contribution < 1.29 is 37.1 Å². The Morgan fingerprint density at radius 2 is 1.73 bits per heavy atom. The molecule has 2 saturated carbocycles. The largest absolute Gasteiger partial charge is 0.471 e. The number of carbonyl (C=O) groups excluding carboxylic acids is 4. The molecular formula is C41H56N4O9S. The molecule has 3 heterocycles. The van der Waals surface area contributed by atoms with E-state index in [-0.39, 0.29) is 72.7 Å². The highest BCUT2D eigenvalue weighted by Crippen LogP contribution is 2.57. The summed E-state index contributed by atoms with van der Waals surface area (Å²) in [5, 5.41) is 4.88. The molecule has 1 saturated heterocycles. The highest BCUT2D eigenvalue weighted by molar-refractivity contribution is 7.90. The van der Waals surface area contributed by atoms with Crippen LogP contribution in [0.15, 0.2) is 41.2 Å². The van der Waals surface area contributed by atoms with Gasteiger partial charge >= 0.3 is 5.97 Å². The van der Waals surface area contributed by atoms with Gasteiger partial charge in [0.25, 0.3) is 5.56 Å². The van der Waals surface area contributed by atoms with Crippen molar-refractivity contribution in [1.29, 1.82) is 0 Å². The predicted molar refractivity (Wildman–Crippen MR) is 206 cm³/mol. The highest BCUT2D eigenvalue weighted by atomic mass is 32.2. The lowest BCUT2D eigenvalue weighted by molar-refractivity contribution is -0.160. The van der Waals surface area contributed by atoms with E-state index in [9.17, 15) is 32.4 Å². The molecule has 2 aliphatic carbocycles. The SMILES string of the molecule is CC(C)n1nc(O[C@@H]2C[C@H]3C(=O)C[C@]4(C(=O)NS(=O)(=O)C5CC5)C[C@H]4/C=C\CC[C@@H](C)C[C@@H](C)[C@H](CC(=O)OC(C)(C)C)C(=O)N3C2)c2ccccc2c1=O. The predicted octanol–water partition coefficient (Wildman–Crippen LogP) is 5.26. The van der Waals surface area contributed by atoms with E-state index in [0.717, 1.165) is 6.42 Å². The van der Waals surface area contributed by atoms with Gasteiger partial charge in [0.2, 0.25) is 27.7 Å². The summed E-state index contributed by atoms with van der Waals surface area (Å²) in [4.78, 5) is 71.5. The van der Waals surface area contributed by atoms with Crippen LogP contribution in [0.1, 0.15) is 112 Å². The van der Waals surface area contributed by atoms with Gasteiger partial charge in [-0.2, -0.15) is 0 Å². The van der Waals surface area contributed by atoms with Gasteiger partial charge in [0.15, 0.2) is 5.78 Å². The molecule has 0 spiro atoms. The molecule has 300 valence electrons. The van der Waals surface area contributed by atoms with Crippen LogP contribution in [0.3, 0.4) is 0 Å². The summed E-state index contributed by atoms with van der Waals surface area (Å²) >= 11 is 0. The van der Waals surface area contributed by atoms with Crippen LogP contribution in [-0.2, 0) is 33.9 Å². The molecule has 1 N–H and O–H groups in total. The number of esters is 1. The maximum Gasteiger partial charge on any atom is 0.307 e. The molecule has 3 fully saturated rings. The second-order valence-corrected chi connectivity index (χ2v) is 19.6. The van der Waals surface area contributed by atoms with Crippen LogP contribution in [0.2, 0.25) is 0 Å². The number of aromatic nitrogens is 2. The number of ether oxygens (including phenoxy) is 2. The highest BCUT2D eigenvalue weighted by Gasteiger charge is 2.61. The van der Waals surface area contributed by atoms with E-state index < -0.39 is 56.2 Å². The number of ketones is 1.